The van der Waals surface area contributed by atoms with Gasteiger partial charge in [-0.15, -0.1) is 0 Å². The molecule has 0 unspecified atom stereocenters. The van der Waals surface area contributed by atoms with Crippen molar-refractivity contribution in [1.82, 2.24) is 24.0 Å². The van der Waals surface area contributed by atoms with Crippen LogP contribution in [0.5, 0.6) is 0 Å². The van der Waals surface area contributed by atoms with Gasteiger partial charge in [0.1, 0.15) is 6.54 Å². The first-order valence-electron chi connectivity index (χ1n) is 6.45. The van der Waals surface area contributed by atoms with Gasteiger partial charge in [0.15, 0.2) is 15.9 Å². The maximum atomic E-state index is 12.1. The van der Waals surface area contributed by atoms with E-state index in [0.717, 1.165) is 4.57 Å². The Balaban J connectivity index is 2.47. The molecule has 0 aromatic carbocycles. The fourth-order valence-corrected chi connectivity index (χ4v) is 2.57. The molecule has 2 aromatic rings. The van der Waals surface area contributed by atoms with Gasteiger partial charge in [-0.3, -0.25) is 23.3 Å². The second-order valence-corrected chi connectivity index (χ2v) is 5.40. The summed E-state index contributed by atoms with van der Waals surface area (Å²) in [6.07, 6.45) is 0. The van der Waals surface area contributed by atoms with Crippen LogP contribution >= 0.6 is 15.9 Å². The number of nitrogens with zero attached hydrogens (tertiary/aromatic N) is 4. The van der Waals surface area contributed by atoms with Crippen molar-refractivity contribution in [3.05, 3.63) is 25.6 Å². The summed E-state index contributed by atoms with van der Waals surface area (Å²) in [5.74, 6) is -0.273. The summed E-state index contributed by atoms with van der Waals surface area (Å²) in [5, 5.41) is 2.67. The lowest BCUT2D eigenvalue weighted by atomic mass is 10.5. The summed E-state index contributed by atoms with van der Waals surface area (Å²) in [7, 11) is 4.45. The van der Waals surface area contributed by atoms with Crippen molar-refractivity contribution in [3.63, 3.8) is 0 Å². The molecule has 0 saturated carbocycles. The highest BCUT2D eigenvalue weighted by atomic mass is 79.9. The molecular weight excluding hydrogens is 358 g/mol. The molecule has 0 atom stereocenters. The van der Waals surface area contributed by atoms with E-state index in [2.05, 4.69) is 26.2 Å². The Morgan fingerprint density at radius 1 is 1.32 bits per heavy atom. The number of carbonyl (C=O) groups is 1. The van der Waals surface area contributed by atoms with E-state index in [0.29, 0.717) is 23.5 Å². The first-order valence-corrected chi connectivity index (χ1v) is 7.25. The van der Waals surface area contributed by atoms with Gasteiger partial charge < -0.3 is 10.1 Å². The molecule has 10 heteroatoms. The highest BCUT2D eigenvalue weighted by Gasteiger charge is 2.19. The standard InChI is InChI=1S/C12H16BrN5O4/c1-16-9-8(10(20)17(2)12(16)21)15-11(13)18(9)6-7(19)14-4-5-22-3/h4-6H2,1-3H3,(H,14,19). The number of imidazole rings is 1. The third-order valence-electron chi connectivity index (χ3n) is 3.22. The lowest BCUT2D eigenvalue weighted by Crippen LogP contribution is -2.38. The average molecular weight is 374 g/mol. The van der Waals surface area contributed by atoms with Crippen LogP contribution in [0.4, 0.5) is 0 Å². The fourth-order valence-electron chi connectivity index (χ4n) is 2.09. The van der Waals surface area contributed by atoms with Crippen molar-refractivity contribution in [3.8, 4) is 0 Å². The second kappa shape index (κ2) is 6.44. The van der Waals surface area contributed by atoms with Gasteiger partial charge in [-0.25, -0.2) is 9.78 Å². The lowest BCUT2D eigenvalue weighted by Gasteiger charge is -2.10. The number of carbonyl (C=O) groups excluding carboxylic acids is 1. The Hall–Kier alpha value is -1.94. The normalized spacial score (nSPS) is 11.1. The quantitative estimate of drug-likeness (QED) is 0.532. The second-order valence-electron chi connectivity index (χ2n) is 4.69. The minimum Gasteiger partial charge on any atom is -0.383 e. The van der Waals surface area contributed by atoms with Crippen LogP contribution in [-0.4, -0.2) is 44.9 Å². The summed E-state index contributed by atoms with van der Waals surface area (Å²) in [6, 6.07) is 0. The third kappa shape index (κ3) is 2.83. The number of rotatable bonds is 5. The average Bonchev–Trinajstić information content (AvgIpc) is 2.80. The molecule has 0 aliphatic carbocycles. The van der Waals surface area contributed by atoms with E-state index in [1.807, 2.05) is 0 Å². The van der Waals surface area contributed by atoms with E-state index in [9.17, 15) is 14.4 Å². The van der Waals surface area contributed by atoms with Crippen LogP contribution in [0, 0.1) is 0 Å². The fraction of sp³-hybridized carbons (Fsp3) is 0.500. The Kier molecular flexibility index (Phi) is 4.81. The third-order valence-corrected chi connectivity index (χ3v) is 3.83. The smallest absolute Gasteiger partial charge is 0.332 e. The first-order chi connectivity index (χ1) is 10.4. The largest absolute Gasteiger partial charge is 0.383 e. The predicted octanol–water partition coefficient (Wildman–Crippen LogP) is -1.04. The molecule has 0 spiro atoms. The van der Waals surface area contributed by atoms with E-state index in [-0.39, 0.29) is 18.0 Å². The van der Waals surface area contributed by atoms with Crippen LogP contribution in [0.3, 0.4) is 0 Å². The molecule has 0 bridgehead atoms. The van der Waals surface area contributed by atoms with Crippen LogP contribution in [0.25, 0.3) is 11.2 Å². The molecule has 120 valence electrons. The zero-order valence-corrected chi connectivity index (χ0v) is 14.0. The van der Waals surface area contributed by atoms with Crippen LogP contribution in [0.15, 0.2) is 14.3 Å². The molecule has 0 aliphatic rings. The van der Waals surface area contributed by atoms with E-state index in [1.165, 1.54) is 30.3 Å². The van der Waals surface area contributed by atoms with Gasteiger partial charge in [0, 0.05) is 27.7 Å². The van der Waals surface area contributed by atoms with Crippen LogP contribution in [-0.2, 0) is 30.2 Å². The molecule has 2 rings (SSSR count). The molecule has 1 N–H and O–H groups in total. The van der Waals surface area contributed by atoms with Crippen molar-refractivity contribution in [2.75, 3.05) is 20.3 Å². The monoisotopic (exact) mass is 373 g/mol. The van der Waals surface area contributed by atoms with Crippen molar-refractivity contribution >= 4 is 33.0 Å². The number of fused-ring (bicyclic) bond motifs is 1. The van der Waals surface area contributed by atoms with E-state index in [4.69, 9.17) is 4.74 Å². The Morgan fingerprint density at radius 3 is 2.64 bits per heavy atom. The molecule has 1 amide bonds. The Bertz CT molecular complexity index is 835. The van der Waals surface area contributed by atoms with Crippen molar-refractivity contribution in [2.45, 2.75) is 6.54 Å². The van der Waals surface area contributed by atoms with Crippen LogP contribution in [0.2, 0.25) is 0 Å². The summed E-state index contributed by atoms with van der Waals surface area (Å²) in [4.78, 5) is 40.1. The highest BCUT2D eigenvalue weighted by Crippen LogP contribution is 2.16. The molecule has 2 aromatic heterocycles. The minimum atomic E-state index is -0.502. The number of methoxy groups -OCH3 is 1. The number of aryl methyl sites for hydroxylation is 1. The van der Waals surface area contributed by atoms with Crippen molar-refractivity contribution in [2.24, 2.45) is 14.1 Å². The SMILES string of the molecule is COCCNC(=O)Cn1c(Br)nc2c(=O)n(C)c(=O)n(C)c21. The summed E-state index contributed by atoms with van der Waals surface area (Å²) in [5.41, 5.74) is -0.564. The van der Waals surface area contributed by atoms with Crippen molar-refractivity contribution in [1.29, 1.82) is 0 Å². The number of aromatic nitrogens is 4. The predicted molar refractivity (Wildman–Crippen MR) is 82.8 cm³/mol. The number of amides is 1. The number of hydrogen-bond donors (Lipinski definition) is 1. The van der Waals surface area contributed by atoms with Gasteiger partial charge in [0.05, 0.1) is 6.61 Å². The molecular formula is C12H16BrN5O4. The zero-order chi connectivity index (χ0) is 16.4. The maximum absolute atomic E-state index is 12.1. The topological polar surface area (TPSA) is 100 Å². The number of halogens is 1. The maximum Gasteiger partial charge on any atom is 0.332 e. The highest BCUT2D eigenvalue weighted by molar-refractivity contribution is 9.10. The van der Waals surface area contributed by atoms with Gasteiger partial charge in [-0.05, 0) is 15.9 Å². The first kappa shape index (κ1) is 16.4. The van der Waals surface area contributed by atoms with Crippen LogP contribution < -0.4 is 16.6 Å². The molecule has 22 heavy (non-hydrogen) atoms. The number of ether oxygens (including phenoxy) is 1. The summed E-state index contributed by atoms with van der Waals surface area (Å²) < 4.78 is 8.90. The summed E-state index contributed by atoms with van der Waals surface area (Å²) in [6.45, 7) is 0.706. The Morgan fingerprint density at radius 2 is 2.00 bits per heavy atom. The zero-order valence-electron chi connectivity index (χ0n) is 12.4. The van der Waals surface area contributed by atoms with Gasteiger partial charge in [-0.1, -0.05) is 0 Å². The van der Waals surface area contributed by atoms with Gasteiger partial charge in [-0.2, -0.15) is 0 Å². The molecule has 0 aliphatic heterocycles. The molecule has 0 fully saturated rings. The van der Waals surface area contributed by atoms with Gasteiger partial charge >= 0.3 is 5.69 Å². The molecule has 9 nitrogen and oxygen atoms in total. The molecule has 0 radical (unpaired) electrons. The van der Waals surface area contributed by atoms with Gasteiger partial charge in [0.25, 0.3) is 5.56 Å². The number of nitrogens with one attached hydrogen (secondary N) is 1. The molecule has 2 heterocycles. The minimum absolute atomic E-state index is 0.0682. The van der Waals surface area contributed by atoms with E-state index < -0.39 is 11.2 Å². The van der Waals surface area contributed by atoms with E-state index >= 15 is 0 Å². The number of hydrogen-bond acceptors (Lipinski definition) is 5. The Labute approximate surface area is 133 Å². The van der Waals surface area contributed by atoms with Crippen LogP contribution in [0.1, 0.15) is 0 Å². The lowest BCUT2D eigenvalue weighted by molar-refractivity contribution is -0.121. The summed E-state index contributed by atoms with van der Waals surface area (Å²) >= 11 is 3.22. The van der Waals surface area contributed by atoms with Crippen molar-refractivity contribution < 1.29 is 9.53 Å². The van der Waals surface area contributed by atoms with E-state index in [1.54, 1.807) is 0 Å². The van der Waals surface area contributed by atoms with Gasteiger partial charge in [0.2, 0.25) is 5.91 Å². The molecule has 0 saturated heterocycles.